The van der Waals surface area contributed by atoms with E-state index in [-0.39, 0.29) is 41.3 Å². The van der Waals surface area contributed by atoms with Crippen molar-refractivity contribution in [1.29, 1.82) is 5.26 Å². The van der Waals surface area contributed by atoms with Gasteiger partial charge in [-0.2, -0.15) is 5.26 Å². The number of rotatable bonds is 6. The fourth-order valence-corrected chi connectivity index (χ4v) is 9.30. The Hall–Kier alpha value is -4.01. The molecule has 0 heterocycles. The van der Waals surface area contributed by atoms with Gasteiger partial charge in [0.15, 0.2) is 17.1 Å². The monoisotopic (exact) mass is 649 g/mol. The van der Waals surface area contributed by atoms with Crippen LogP contribution in [0.4, 0.5) is 8.78 Å². The van der Waals surface area contributed by atoms with Crippen LogP contribution in [-0.2, 0) is 14.3 Å². The zero-order valence-corrected chi connectivity index (χ0v) is 26.1. The van der Waals surface area contributed by atoms with Crippen LogP contribution in [0.1, 0.15) is 61.9 Å². The zero-order chi connectivity index (χ0) is 33.1. The van der Waals surface area contributed by atoms with Gasteiger partial charge in [0.2, 0.25) is 5.12 Å². The first kappa shape index (κ1) is 32.0. The van der Waals surface area contributed by atoms with Gasteiger partial charge < -0.3 is 19.7 Å². The van der Waals surface area contributed by atoms with Crippen molar-refractivity contribution in [3.8, 4) is 23.3 Å². The van der Waals surface area contributed by atoms with Gasteiger partial charge in [0.25, 0.3) is 0 Å². The van der Waals surface area contributed by atoms with E-state index in [1.54, 1.807) is 19.9 Å². The number of carbonyl (C=O) groups is 3. The Morgan fingerprint density at radius 1 is 1.11 bits per heavy atom. The number of benzene rings is 2. The zero-order valence-electron chi connectivity index (χ0n) is 25.3. The molecule has 7 atom stereocenters. The Balaban J connectivity index is 1.29. The summed E-state index contributed by atoms with van der Waals surface area (Å²) in [6.07, 6.45) is 3.72. The van der Waals surface area contributed by atoms with Crippen molar-refractivity contribution in [3.05, 3.63) is 77.4 Å². The summed E-state index contributed by atoms with van der Waals surface area (Å²) in [5, 5.41) is 29.8. The lowest BCUT2D eigenvalue weighted by Gasteiger charge is -2.62. The number of thioether (sulfide) groups is 1. The first-order valence-corrected chi connectivity index (χ1v) is 16.1. The molecule has 6 rings (SSSR count). The molecule has 3 saturated carbocycles. The van der Waals surface area contributed by atoms with Gasteiger partial charge >= 0.3 is 5.97 Å². The minimum Gasteiger partial charge on any atom is -0.507 e. The number of aliphatic hydroxyl groups excluding tert-OH is 1. The number of allylic oxidation sites excluding steroid dienone is 4. The maximum atomic E-state index is 17.5. The lowest BCUT2D eigenvalue weighted by atomic mass is 9.45. The van der Waals surface area contributed by atoms with E-state index in [4.69, 9.17) is 14.7 Å². The SMILES string of the molecule is C[C@]12C=CC(=O)C=C1CC[C@H]1[C@@H]3CC[C@](OC(=O)c4ccc(Oc5ccc(O)c(C#N)c5)cc4)(C(=O)SCF)[C@@]3(C)C[C@H](O)[C@@]12F. The predicted molar refractivity (Wildman–Crippen MR) is 164 cm³/mol. The summed E-state index contributed by atoms with van der Waals surface area (Å²) >= 11 is 0.397. The quantitative estimate of drug-likeness (QED) is 0.336. The smallest absolute Gasteiger partial charge is 0.339 e. The number of aromatic hydroxyl groups is 1. The average Bonchev–Trinajstić information content (AvgIpc) is 3.31. The number of phenolic OH excluding ortho intramolecular Hbond substituents is 1. The fraction of sp³-hybridized carbons (Fsp3) is 0.429. The number of fused-ring (bicyclic) bond motifs is 5. The van der Waals surface area contributed by atoms with Crippen LogP contribution in [0, 0.1) is 34.0 Å². The number of carbonyl (C=O) groups excluding carboxylic acids is 3. The van der Waals surface area contributed by atoms with E-state index in [0.29, 0.717) is 42.3 Å². The molecule has 0 unspecified atom stereocenters. The largest absolute Gasteiger partial charge is 0.507 e. The summed E-state index contributed by atoms with van der Waals surface area (Å²) in [6, 6.07) is 10.9. The minimum absolute atomic E-state index is 0.0320. The summed E-state index contributed by atoms with van der Waals surface area (Å²) in [6.45, 7) is 3.43. The Labute approximate surface area is 269 Å². The minimum atomic E-state index is -2.13. The van der Waals surface area contributed by atoms with Gasteiger partial charge in [0, 0.05) is 22.8 Å². The molecule has 0 aromatic heterocycles. The van der Waals surface area contributed by atoms with Crippen LogP contribution < -0.4 is 4.74 Å². The molecule has 0 bridgehead atoms. The number of esters is 1. The van der Waals surface area contributed by atoms with Crippen LogP contribution in [0.3, 0.4) is 0 Å². The molecule has 240 valence electrons. The molecule has 0 amide bonds. The van der Waals surface area contributed by atoms with E-state index < -0.39 is 57.1 Å². The Morgan fingerprint density at radius 3 is 2.52 bits per heavy atom. The van der Waals surface area contributed by atoms with E-state index in [1.807, 2.05) is 6.07 Å². The van der Waals surface area contributed by atoms with E-state index >= 15 is 4.39 Å². The van der Waals surface area contributed by atoms with Crippen LogP contribution in [0.25, 0.3) is 0 Å². The molecule has 2 aromatic carbocycles. The summed E-state index contributed by atoms with van der Waals surface area (Å²) < 4.78 is 43.0. The topological polar surface area (TPSA) is 134 Å². The van der Waals surface area contributed by atoms with E-state index in [0.717, 1.165) is 0 Å². The number of nitrogens with zero attached hydrogens (tertiary/aromatic N) is 1. The number of ether oxygens (including phenoxy) is 2. The number of hydrogen-bond donors (Lipinski definition) is 2. The van der Waals surface area contributed by atoms with Crippen LogP contribution in [0.5, 0.6) is 17.2 Å². The maximum absolute atomic E-state index is 17.5. The number of halogens is 2. The third-order valence-electron chi connectivity index (χ3n) is 11.0. The molecule has 0 spiro atoms. The Kier molecular flexibility index (Phi) is 7.88. The normalized spacial score (nSPS) is 34.4. The number of aliphatic hydroxyl groups is 1. The van der Waals surface area contributed by atoms with E-state index in [2.05, 4.69) is 0 Å². The standard InChI is InChI=1S/C35H33F2NO7S/c1-32-13-11-23(39)16-22(32)5-9-27-26-12-14-34(31(43)46-19-36,33(26,2)17-29(41)35(27,32)37)45-30(42)20-3-6-24(7-4-20)44-25-8-10-28(40)21(15-25)18-38/h3-4,6-8,10-11,13,15-16,26-27,29,40-41H,5,9,12,14,17,19H2,1-2H3/t26-,27-,29-,32-,33-,34-,35-/m0/s1. The molecular weight excluding hydrogens is 616 g/mol. The summed E-state index contributed by atoms with van der Waals surface area (Å²) in [7, 11) is 0. The molecule has 3 fully saturated rings. The van der Waals surface area contributed by atoms with Crippen molar-refractivity contribution >= 4 is 28.6 Å². The molecule has 11 heteroatoms. The molecule has 0 aliphatic heterocycles. The van der Waals surface area contributed by atoms with Crippen LogP contribution in [0.2, 0.25) is 0 Å². The molecule has 4 aliphatic rings. The first-order valence-electron chi connectivity index (χ1n) is 15.1. The second kappa shape index (κ2) is 11.4. The third-order valence-corrected chi connectivity index (χ3v) is 11.7. The van der Waals surface area contributed by atoms with E-state index in [1.165, 1.54) is 54.6 Å². The Bertz CT molecular complexity index is 1720. The van der Waals surface area contributed by atoms with Crippen molar-refractivity contribution in [2.24, 2.45) is 22.7 Å². The molecule has 4 aliphatic carbocycles. The summed E-state index contributed by atoms with van der Waals surface area (Å²) in [5.74, 6) is -1.81. The highest BCUT2D eigenvalue weighted by Gasteiger charge is 2.75. The van der Waals surface area contributed by atoms with Gasteiger partial charge in [0.05, 0.1) is 17.2 Å². The number of nitriles is 1. The van der Waals surface area contributed by atoms with Gasteiger partial charge in [-0.05, 0) is 105 Å². The van der Waals surface area contributed by atoms with Crippen LogP contribution in [-0.4, -0.2) is 50.5 Å². The second-order valence-corrected chi connectivity index (χ2v) is 13.9. The van der Waals surface area contributed by atoms with Gasteiger partial charge in [-0.3, -0.25) is 9.59 Å². The van der Waals surface area contributed by atoms with Crippen molar-refractivity contribution < 1.29 is 42.9 Å². The highest BCUT2D eigenvalue weighted by molar-refractivity contribution is 8.13. The highest BCUT2D eigenvalue weighted by Crippen LogP contribution is 2.70. The van der Waals surface area contributed by atoms with Crippen molar-refractivity contribution in [1.82, 2.24) is 0 Å². The van der Waals surface area contributed by atoms with E-state index in [9.17, 15) is 29.0 Å². The summed E-state index contributed by atoms with van der Waals surface area (Å²) in [4.78, 5) is 39.5. The molecule has 0 saturated heterocycles. The van der Waals surface area contributed by atoms with Crippen molar-refractivity contribution in [2.75, 3.05) is 6.01 Å². The molecule has 2 aromatic rings. The van der Waals surface area contributed by atoms with Crippen LogP contribution >= 0.6 is 11.8 Å². The Morgan fingerprint density at radius 2 is 1.83 bits per heavy atom. The highest BCUT2D eigenvalue weighted by atomic mass is 32.2. The average molecular weight is 650 g/mol. The first-order chi connectivity index (χ1) is 21.8. The fourth-order valence-electron chi connectivity index (χ4n) is 8.59. The molecule has 0 radical (unpaired) electrons. The number of phenols is 1. The van der Waals surface area contributed by atoms with Gasteiger partial charge in [0.1, 0.15) is 29.3 Å². The lowest BCUT2D eigenvalue weighted by molar-refractivity contribution is -0.214. The van der Waals surface area contributed by atoms with Gasteiger partial charge in [-0.1, -0.05) is 18.6 Å². The molecule has 8 nitrogen and oxygen atoms in total. The maximum Gasteiger partial charge on any atom is 0.339 e. The molecule has 2 N–H and O–H groups in total. The number of alkyl halides is 2. The van der Waals surface area contributed by atoms with Gasteiger partial charge in [-0.15, -0.1) is 0 Å². The third kappa shape index (κ3) is 4.60. The predicted octanol–water partition coefficient (Wildman–Crippen LogP) is 6.51. The van der Waals surface area contributed by atoms with Gasteiger partial charge in [-0.25, -0.2) is 13.6 Å². The van der Waals surface area contributed by atoms with Crippen LogP contribution in [0.15, 0.2) is 66.3 Å². The van der Waals surface area contributed by atoms with Crippen molar-refractivity contribution in [2.45, 2.75) is 63.3 Å². The number of hydrogen-bond acceptors (Lipinski definition) is 9. The lowest BCUT2D eigenvalue weighted by Crippen LogP contribution is -2.69. The second-order valence-electron chi connectivity index (χ2n) is 13.0. The molecular formula is C35H33F2NO7S. The summed E-state index contributed by atoms with van der Waals surface area (Å²) in [5.41, 5.74) is -5.62. The number of ketones is 1. The molecule has 46 heavy (non-hydrogen) atoms. The van der Waals surface area contributed by atoms with Crippen molar-refractivity contribution in [3.63, 3.8) is 0 Å².